The first-order valence-corrected chi connectivity index (χ1v) is 49.9. The zero-order valence-corrected chi connectivity index (χ0v) is 89.1. The van der Waals surface area contributed by atoms with Crippen LogP contribution in [0.2, 0.25) is 0 Å². The average Bonchev–Trinajstić information content (AvgIpc) is 0.770. The highest BCUT2D eigenvalue weighted by molar-refractivity contribution is 5.79. The SMILES string of the molecule is Cc1c(C(C)C)cc(-c2ccc(-c3ccc(-c4ccccc4)cc3)cc2)cc1C(C)C.Cc1ccc(-c2ccc(-c3cc(C(C)C)c(C)c(C(C)C)c3)cc2)c(C)n1.Cc1ncc(-c2ccc(-c3cc(C(C)C)c(C)c(C(C)C)c3)cc2)nc1C.[2H]C(C)(C)c1cc(-c2ccc(-c3ccc(C)nc3C)cc2)cc(C([2H])(C)C)c1C.[2H]C([2H])([2H])c1nc(-c2ccc(-c3cc(C([2H])(C)C)c(C)c(C([2H])(C)C)c3)cc2)cnc1C. The Morgan fingerprint density at radius 1 is 0.187 bits per heavy atom. The van der Waals surface area contributed by atoms with E-state index in [0.29, 0.717) is 46.9 Å². The lowest BCUT2D eigenvalue weighted by Crippen LogP contribution is -2.00. The standard InChI is InChI=1S/C31H32.2C26H31N.2C25H30N2/c1-21(2)30-19-29(20-31(22(3)4)23(30)5)28-17-15-27(16-18-28)26-13-11-25(12-14-26)24-9-7-6-8-10-24;2*1-16(2)25-14-23(15-26(17(3)4)19(25)6)21-9-11-22(12-10-21)24-13-8-18(5)27-20(24)7;2*1-15(2)23-12-22(13-24(16(3)4)17(23)5)20-8-10-21(11-9-20)25-14-26-18(6)19(7)27-25/h6-22H,1-5H3;2*8-17H,1-7H3;2*8-16H,1-7H3/i;16D,17D;;7D3,15D,16D;. The minimum absolute atomic E-state index is 0.0160. The third-order valence-electron chi connectivity index (χ3n) is 27.4. The van der Waals surface area contributed by atoms with Crippen molar-refractivity contribution in [3.8, 4) is 123 Å². The van der Waals surface area contributed by atoms with Crippen LogP contribution >= 0.6 is 0 Å². The largest absolute Gasteiger partial charge is 0.258 e. The van der Waals surface area contributed by atoms with Crippen LogP contribution in [0.1, 0.15) is 336 Å². The molecule has 0 amide bonds. The van der Waals surface area contributed by atoms with Gasteiger partial charge in [0.1, 0.15) is 0 Å². The lowest BCUT2D eigenvalue weighted by molar-refractivity contribution is 0.818. The maximum absolute atomic E-state index is 8.59. The van der Waals surface area contributed by atoms with E-state index in [-0.39, 0.29) is 5.69 Å². The van der Waals surface area contributed by atoms with E-state index in [9.17, 15) is 0 Å². The summed E-state index contributed by atoms with van der Waals surface area (Å²) in [4.78, 5) is 26.9. The van der Waals surface area contributed by atoms with Crippen molar-refractivity contribution in [2.75, 3.05) is 0 Å². The van der Waals surface area contributed by atoms with E-state index in [1.807, 2.05) is 153 Å². The fourth-order valence-electron chi connectivity index (χ4n) is 19.2. The van der Waals surface area contributed by atoms with Crippen LogP contribution < -0.4 is 0 Å². The topological polar surface area (TPSA) is 77.3 Å². The third kappa shape index (κ3) is 25.8. The van der Waals surface area contributed by atoms with Crippen LogP contribution in [0.4, 0.5) is 0 Å². The summed E-state index contributed by atoms with van der Waals surface area (Å²) >= 11 is 0. The number of benzene rings is 12. The van der Waals surface area contributed by atoms with Crippen molar-refractivity contribution in [3.63, 3.8) is 0 Å². The molecule has 6 heteroatoms. The van der Waals surface area contributed by atoms with Gasteiger partial charge in [0.2, 0.25) is 0 Å². The predicted molar refractivity (Wildman–Crippen MR) is 601 cm³/mol. The van der Waals surface area contributed by atoms with Gasteiger partial charge in [-0.15, -0.1) is 0 Å². The van der Waals surface area contributed by atoms with Crippen LogP contribution in [0, 0.1) is 89.9 Å². The molecule has 716 valence electrons. The van der Waals surface area contributed by atoms with E-state index in [1.165, 1.54) is 117 Å². The Labute approximate surface area is 846 Å². The van der Waals surface area contributed by atoms with Crippen molar-refractivity contribution in [2.24, 2.45) is 0 Å². The molecule has 4 heterocycles. The van der Waals surface area contributed by atoms with Gasteiger partial charge in [-0.2, -0.15) is 0 Å². The van der Waals surface area contributed by atoms with Gasteiger partial charge in [0.15, 0.2) is 0 Å². The van der Waals surface area contributed by atoms with Crippen molar-refractivity contribution in [3.05, 3.63) is 402 Å². The zero-order chi connectivity index (χ0) is 107. The van der Waals surface area contributed by atoms with Gasteiger partial charge in [-0.1, -0.05) is 387 Å². The summed E-state index contributed by atoms with van der Waals surface area (Å²) in [5.74, 6) is 0.146. The van der Waals surface area contributed by atoms with Gasteiger partial charge >= 0.3 is 0 Å². The molecular weight excluding hydrogens is 1680 g/mol. The lowest BCUT2D eigenvalue weighted by atomic mass is 9.86. The summed E-state index contributed by atoms with van der Waals surface area (Å²) in [7, 11) is 0. The van der Waals surface area contributed by atoms with E-state index >= 15 is 0 Å². The Bertz CT molecular complexity index is 7090. The molecule has 0 aliphatic carbocycles. The molecule has 6 nitrogen and oxygen atoms in total. The second kappa shape index (κ2) is 46.7. The molecule has 0 unspecified atom stereocenters. The van der Waals surface area contributed by atoms with Gasteiger partial charge in [0.25, 0.3) is 0 Å². The normalized spacial score (nSPS) is 12.5. The molecule has 0 bridgehead atoms. The number of hydrogen-bond acceptors (Lipinski definition) is 6. The van der Waals surface area contributed by atoms with Crippen LogP contribution in [0.3, 0.4) is 0 Å². The molecule has 0 fully saturated rings. The second-order valence-electron chi connectivity index (χ2n) is 40.8. The fraction of sp³-hybridized carbons (Fsp3) is 0.323. The van der Waals surface area contributed by atoms with E-state index in [0.717, 1.165) is 118 Å². The molecule has 0 atom stereocenters. The fourth-order valence-corrected chi connectivity index (χ4v) is 19.2. The maximum Gasteiger partial charge on any atom is 0.0888 e. The first-order valence-electron chi connectivity index (χ1n) is 53.4. The van der Waals surface area contributed by atoms with E-state index in [4.69, 9.17) is 9.60 Å². The molecule has 0 aliphatic heterocycles. The molecule has 0 aliphatic rings. The highest BCUT2D eigenvalue weighted by Gasteiger charge is 2.22. The molecule has 139 heavy (non-hydrogen) atoms. The number of aryl methyl sites for hydroxylation is 8. The van der Waals surface area contributed by atoms with E-state index in [1.54, 1.807) is 13.1 Å². The quantitative estimate of drug-likeness (QED) is 0.0713. The van der Waals surface area contributed by atoms with Gasteiger partial charge in [-0.25, -0.2) is 9.97 Å². The zero-order valence-electron chi connectivity index (χ0n) is 96.1. The summed E-state index contributed by atoms with van der Waals surface area (Å²) in [6.07, 6.45) is 3.45. The van der Waals surface area contributed by atoms with Gasteiger partial charge < -0.3 is 0 Å². The lowest BCUT2D eigenvalue weighted by Gasteiger charge is -2.19. The van der Waals surface area contributed by atoms with Crippen LogP contribution in [0.15, 0.2) is 273 Å². The summed E-state index contributed by atoms with van der Waals surface area (Å²) in [6, 6.07) is 93.2. The monoisotopic (exact) mass is 1840 g/mol. The predicted octanol–water partition coefficient (Wildman–Crippen LogP) is 38.4. The number of hydrogen-bond donors (Lipinski definition) is 0. The molecule has 0 spiro atoms. The second-order valence-corrected chi connectivity index (χ2v) is 40.8. The Morgan fingerprint density at radius 3 is 0.612 bits per heavy atom. The minimum Gasteiger partial charge on any atom is -0.258 e. The molecule has 0 saturated carbocycles. The van der Waals surface area contributed by atoms with Gasteiger partial charge in [-0.05, 0) is 334 Å². The molecule has 4 aromatic heterocycles. The van der Waals surface area contributed by atoms with Crippen LogP contribution in [0.5, 0.6) is 0 Å². The number of pyridine rings is 2. The highest BCUT2D eigenvalue weighted by atomic mass is 14.8. The Hall–Kier alpha value is -12.9. The first kappa shape index (κ1) is 95.0. The van der Waals surface area contributed by atoms with Crippen molar-refractivity contribution < 1.29 is 9.60 Å². The molecule has 16 rings (SSSR count). The summed E-state index contributed by atoms with van der Waals surface area (Å²) < 4.78 is 57.4. The van der Waals surface area contributed by atoms with Crippen LogP contribution in [0.25, 0.3) is 123 Å². The number of aromatic nitrogens is 6. The summed E-state index contributed by atoms with van der Waals surface area (Å²) in [5, 5.41) is 0. The molecule has 0 saturated heterocycles. The Balaban J connectivity index is 0.000000163. The smallest absolute Gasteiger partial charge is 0.0888 e. The molecule has 0 radical (unpaired) electrons. The van der Waals surface area contributed by atoms with Crippen molar-refractivity contribution in [1.82, 2.24) is 29.9 Å². The van der Waals surface area contributed by atoms with Crippen molar-refractivity contribution in [2.45, 2.75) is 287 Å². The summed E-state index contributed by atoms with van der Waals surface area (Å²) in [6.45, 7) is 64.8. The third-order valence-corrected chi connectivity index (χ3v) is 27.4. The molecule has 0 N–H and O–H groups in total. The van der Waals surface area contributed by atoms with Gasteiger partial charge in [-0.3, -0.25) is 19.9 Å². The van der Waals surface area contributed by atoms with E-state index < -0.39 is 30.4 Å². The number of nitrogens with zero attached hydrogens (tertiary/aromatic N) is 6. The van der Waals surface area contributed by atoms with Crippen LogP contribution in [-0.4, -0.2) is 29.9 Å². The summed E-state index contributed by atoms with van der Waals surface area (Å²) in [5.41, 5.74) is 50.3. The number of rotatable bonds is 21. The first-order chi connectivity index (χ1) is 68.4. The van der Waals surface area contributed by atoms with Crippen molar-refractivity contribution in [1.29, 1.82) is 0 Å². The van der Waals surface area contributed by atoms with Gasteiger partial charge in [0, 0.05) is 54.6 Å². The minimum atomic E-state index is -2.31. The Morgan fingerprint density at radius 2 is 0.388 bits per heavy atom. The average molecular weight is 1840 g/mol. The molecule has 16 aromatic rings. The van der Waals surface area contributed by atoms with Crippen molar-refractivity contribution >= 4 is 0 Å². The van der Waals surface area contributed by atoms with Crippen LogP contribution in [-0.2, 0) is 0 Å². The Kier molecular flexibility index (Phi) is 31.9. The highest BCUT2D eigenvalue weighted by Crippen LogP contribution is 2.42. The molecular formula is C133H154N6. The van der Waals surface area contributed by atoms with E-state index in [2.05, 4.69) is 359 Å². The van der Waals surface area contributed by atoms with Gasteiger partial charge in [0.05, 0.1) is 46.6 Å². The molecule has 12 aromatic carbocycles. The maximum atomic E-state index is 8.59.